The van der Waals surface area contributed by atoms with Gasteiger partial charge in [0.2, 0.25) is 11.9 Å². The third kappa shape index (κ3) is 4.01. The van der Waals surface area contributed by atoms with Crippen LogP contribution in [0, 0.1) is 0 Å². The minimum absolute atomic E-state index is 0.0920. The van der Waals surface area contributed by atoms with Gasteiger partial charge in [0.15, 0.2) is 5.13 Å². The zero-order valence-electron chi connectivity index (χ0n) is 14.1. The molecule has 2 aromatic heterocycles. The van der Waals surface area contributed by atoms with Crippen LogP contribution in [0.4, 0.5) is 11.1 Å². The van der Waals surface area contributed by atoms with E-state index in [1.165, 1.54) is 11.3 Å². The second kappa shape index (κ2) is 7.38. The molecule has 0 radical (unpaired) electrons. The van der Waals surface area contributed by atoms with E-state index < -0.39 is 0 Å². The van der Waals surface area contributed by atoms with E-state index in [1.54, 1.807) is 29.6 Å². The summed E-state index contributed by atoms with van der Waals surface area (Å²) in [5.41, 5.74) is 2.77. The molecule has 0 bridgehead atoms. The number of H-pyrrole nitrogens is 1. The molecule has 2 aromatic carbocycles. The average Bonchev–Trinajstić information content (AvgIpc) is 3.28. The summed E-state index contributed by atoms with van der Waals surface area (Å²) in [6.45, 7) is 0. The fourth-order valence-corrected chi connectivity index (χ4v) is 3.26. The molecule has 0 saturated carbocycles. The van der Waals surface area contributed by atoms with E-state index in [1.807, 2.05) is 30.3 Å². The molecule has 134 valence electrons. The third-order valence-corrected chi connectivity index (χ3v) is 4.60. The van der Waals surface area contributed by atoms with E-state index in [0.717, 1.165) is 11.0 Å². The number of amides is 2. The summed E-state index contributed by atoms with van der Waals surface area (Å²) in [5, 5.41) is 7.67. The number of para-hydroxylation sites is 2. The van der Waals surface area contributed by atoms with E-state index >= 15 is 0 Å². The Hall–Kier alpha value is -3.52. The van der Waals surface area contributed by atoms with Crippen LogP contribution in [0.25, 0.3) is 11.0 Å². The number of nitrogens with one attached hydrogen (secondary N) is 3. The molecule has 4 rings (SSSR count). The van der Waals surface area contributed by atoms with Crippen LogP contribution < -0.4 is 10.6 Å². The molecule has 0 aliphatic carbocycles. The van der Waals surface area contributed by atoms with Gasteiger partial charge in [0.1, 0.15) is 0 Å². The second-order valence-electron chi connectivity index (χ2n) is 5.79. The highest BCUT2D eigenvalue weighted by Gasteiger charge is 2.12. The number of aromatic nitrogens is 3. The van der Waals surface area contributed by atoms with Crippen molar-refractivity contribution >= 4 is 45.3 Å². The van der Waals surface area contributed by atoms with Gasteiger partial charge in [0, 0.05) is 10.9 Å². The summed E-state index contributed by atoms with van der Waals surface area (Å²) >= 11 is 1.28. The van der Waals surface area contributed by atoms with Crippen LogP contribution in [0.15, 0.2) is 60.0 Å². The van der Waals surface area contributed by atoms with Gasteiger partial charge in [-0.2, -0.15) is 0 Å². The number of aromatic amines is 1. The minimum Gasteiger partial charge on any atom is -0.324 e. The minimum atomic E-state index is -0.236. The van der Waals surface area contributed by atoms with Crippen LogP contribution in [-0.4, -0.2) is 26.8 Å². The lowest BCUT2D eigenvalue weighted by molar-refractivity contribution is -0.115. The zero-order valence-corrected chi connectivity index (χ0v) is 14.9. The molecule has 3 N–H and O–H groups in total. The third-order valence-electron chi connectivity index (χ3n) is 3.80. The van der Waals surface area contributed by atoms with E-state index in [9.17, 15) is 9.59 Å². The van der Waals surface area contributed by atoms with Gasteiger partial charge in [-0.3, -0.25) is 20.2 Å². The number of carbonyl (C=O) groups is 2. The van der Waals surface area contributed by atoms with Gasteiger partial charge in [0.25, 0.3) is 5.91 Å². The molecule has 0 aliphatic rings. The molecule has 2 amide bonds. The van der Waals surface area contributed by atoms with Gasteiger partial charge in [-0.05, 0) is 24.3 Å². The molecule has 4 aromatic rings. The SMILES string of the molecule is O=C(Cc1csc(NC(=O)c2ccccc2)n1)Nc1nc2ccccc2[nH]1. The highest BCUT2D eigenvalue weighted by Crippen LogP contribution is 2.18. The van der Waals surface area contributed by atoms with Crippen LogP contribution in [0.5, 0.6) is 0 Å². The summed E-state index contributed by atoms with van der Waals surface area (Å²) in [4.78, 5) is 36.0. The first kappa shape index (κ1) is 16.9. The van der Waals surface area contributed by atoms with Gasteiger partial charge >= 0.3 is 0 Å². The maximum Gasteiger partial charge on any atom is 0.257 e. The predicted octanol–water partition coefficient (Wildman–Crippen LogP) is 3.45. The quantitative estimate of drug-likeness (QED) is 0.496. The average molecular weight is 377 g/mol. The second-order valence-corrected chi connectivity index (χ2v) is 6.65. The predicted molar refractivity (Wildman–Crippen MR) is 105 cm³/mol. The van der Waals surface area contributed by atoms with Gasteiger partial charge < -0.3 is 4.98 Å². The first-order valence-electron chi connectivity index (χ1n) is 8.23. The van der Waals surface area contributed by atoms with Crippen LogP contribution in [0.2, 0.25) is 0 Å². The number of anilines is 2. The van der Waals surface area contributed by atoms with Crippen molar-refractivity contribution in [3.05, 3.63) is 71.2 Å². The first-order valence-corrected chi connectivity index (χ1v) is 9.11. The first-order chi connectivity index (χ1) is 13.2. The smallest absolute Gasteiger partial charge is 0.257 e. The summed E-state index contributed by atoms with van der Waals surface area (Å²) in [6.07, 6.45) is 0.0920. The van der Waals surface area contributed by atoms with E-state index in [2.05, 4.69) is 25.6 Å². The number of hydrogen-bond acceptors (Lipinski definition) is 5. The van der Waals surface area contributed by atoms with Crippen LogP contribution in [0.1, 0.15) is 16.1 Å². The molecule has 27 heavy (non-hydrogen) atoms. The number of hydrogen-bond donors (Lipinski definition) is 3. The van der Waals surface area contributed by atoms with E-state index in [4.69, 9.17) is 0 Å². The number of fused-ring (bicyclic) bond motifs is 1. The molecule has 0 fully saturated rings. The number of thiazole rings is 1. The van der Waals surface area contributed by atoms with Crippen molar-refractivity contribution in [1.82, 2.24) is 15.0 Å². The lowest BCUT2D eigenvalue weighted by Gasteiger charge is -2.01. The monoisotopic (exact) mass is 377 g/mol. The number of benzene rings is 2. The van der Waals surface area contributed by atoms with Gasteiger partial charge in [0.05, 0.1) is 23.1 Å². The molecular weight excluding hydrogens is 362 g/mol. The molecule has 0 aliphatic heterocycles. The molecule has 0 unspecified atom stereocenters. The molecule has 7 nitrogen and oxygen atoms in total. The van der Waals surface area contributed by atoms with Crippen molar-refractivity contribution in [2.45, 2.75) is 6.42 Å². The van der Waals surface area contributed by atoms with E-state index in [-0.39, 0.29) is 18.2 Å². The van der Waals surface area contributed by atoms with Crippen LogP contribution >= 0.6 is 11.3 Å². The lowest BCUT2D eigenvalue weighted by Crippen LogP contribution is -2.16. The molecular formula is C19H15N5O2S. The van der Waals surface area contributed by atoms with Gasteiger partial charge in [-0.25, -0.2) is 9.97 Å². The highest BCUT2D eigenvalue weighted by molar-refractivity contribution is 7.14. The number of carbonyl (C=O) groups excluding carboxylic acids is 2. The highest BCUT2D eigenvalue weighted by atomic mass is 32.1. The van der Waals surface area contributed by atoms with Crippen molar-refractivity contribution in [3.8, 4) is 0 Å². The Bertz CT molecular complexity index is 1070. The standard InChI is InChI=1S/C19H15N5O2S/c25-16(23-18-21-14-8-4-5-9-15(14)22-18)10-13-11-27-19(20-13)24-17(26)12-6-2-1-3-7-12/h1-9,11H,10H2,(H,20,24,26)(H2,21,22,23,25). The normalized spacial score (nSPS) is 10.7. The maximum absolute atomic E-state index is 12.2. The molecule has 2 heterocycles. The Morgan fingerprint density at radius 2 is 1.74 bits per heavy atom. The summed E-state index contributed by atoms with van der Waals surface area (Å²) in [5.74, 6) is -0.0717. The van der Waals surface area contributed by atoms with Gasteiger partial charge in [-0.1, -0.05) is 30.3 Å². The fourth-order valence-electron chi connectivity index (χ4n) is 2.56. The Labute approximate surface area is 158 Å². The Morgan fingerprint density at radius 1 is 0.963 bits per heavy atom. The number of imidazole rings is 1. The van der Waals surface area contributed by atoms with Crippen LogP contribution in [0.3, 0.4) is 0 Å². The molecule has 0 saturated heterocycles. The number of rotatable bonds is 5. The maximum atomic E-state index is 12.2. The lowest BCUT2D eigenvalue weighted by atomic mass is 10.2. The summed E-state index contributed by atoms with van der Waals surface area (Å²) < 4.78 is 0. The van der Waals surface area contributed by atoms with Crippen LogP contribution in [-0.2, 0) is 11.2 Å². The van der Waals surface area contributed by atoms with Crippen molar-refractivity contribution in [3.63, 3.8) is 0 Å². The largest absolute Gasteiger partial charge is 0.324 e. The number of nitrogens with zero attached hydrogens (tertiary/aromatic N) is 2. The fraction of sp³-hybridized carbons (Fsp3) is 0.0526. The van der Waals surface area contributed by atoms with Crippen molar-refractivity contribution in [2.24, 2.45) is 0 Å². The van der Waals surface area contributed by atoms with Crippen molar-refractivity contribution in [1.29, 1.82) is 0 Å². The summed E-state index contributed by atoms with van der Waals surface area (Å²) in [6, 6.07) is 16.4. The summed E-state index contributed by atoms with van der Waals surface area (Å²) in [7, 11) is 0. The Morgan fingerprint density at radius 3 is 2.56 bits per heavy atom. The van der Waals surface area contributed by atoms with E-state index in [0.29, 0.717) is 22.3 Å². The molecule has 0 atom stereocenters. The van der Waals surface area contributed by atoms with Gasteiger partial charge in [-0.15, -0.1) is 11.3 Å². The zero-order chi connectivity index (χ0) is 18.6. The van der Waals surface area contributed by atoms with Crippen molar-refractivity contribution in [2.75, 3.05) is 10.6 Å². The Kier molecular flexibility index (Phi) is 4.63. The Balaban J connectivity index is 1.37. The molecule has 0 spiro atoms. The topological polar surface area (TPSA) is 99.8 Å². The van der Waals surface area contributed by atoms with Crippen molar-refractivity contribution < 1.29 is 9.59 Å². The molecule has 8 heteroatoms.